The molecule has 0 saturated heterocycles. The van der Waals surface area contributed by atoms with Crippen molar-refractivity contribution in [1.29, 1.82) is 0 Å². The zero-order chi connectivity index (χ0) is 12.0. The van der Waals surface area contributed by atoms with Crippen molar-refractivity contribution in [2.24, 2.45) is 0 Å². The van der Waals surface area contributed by atoms with Gasteiger partial charge in [-0.15, -0.1) is 0 Å². The Hall–Kier alpha value is -1.58. The van der Waals surface area contributed by atoms with E-state index in [1.165, 1.54) is 7.11 Å². The number of nitrogens with zero attached hydrogens (tertiary/aromatic N) is 1. The van der Waals surface area contributed by atoms with Crippen LogP contribution in [0, 0.1) is 0 Å². The predicted molar refractivity (Wildman–Crippen MR) is 60.3 cm³/mol. The summed E-state index contributed by atoms with van der Waals surface area (Å²) in [4.78, 5) is 15.1. The van der Waals surface area contributed by atoms with E-state index in [1.54, 1.807) is 6.20 Å². The monoisotopic (exact) mass is 223 g/mol. The van der Waals surface area contributed by atoms with Gasteiger partial charge in [-0.1, -0.05) is 0 Å². The van der Waals surface area contributed by atoms with Crippen molar-refractivity contribution >= 4 is 5.97 Å². The summed E-state index contributed by atoms with van der Waals surface area (Å²) >= 11 is 0. The van der Waals surface area contributed by atoms with Crippen LogP contribution in [-0.2, 0) is 16.0 Å². The number of hydrogen-bond acceptors (Lipinski definition) is 4. The molecule has 0 atom stereocenters. The topological polar surface area (TPSA) is 48.4 Å². The van der Waals surface area contributed by atoms with E-state index in [0.29, 0.717) is 12.8 Å². The molecule has 0 unspecified atom stereocenters. The number of carbonyl (C=O) groups excluding carboxylic acids is 1. The number of hydrogen-bond donors (Lipinski definition) is 0. The lowest BCUT2D eigenvalue weighted by molar-refractivity contribution is -0.140. The number of pyridine rings is 1. The lowest BCUT2D eigenvalue weighted by Crippen LogP contribution is -2.06. The maximum Gasteiger partial charge on any atom is 0.305 e. The maximum atomic E-state index is 10.9. The number of esters is 1. The van der Waals surface area contributed by atoms with Crippen LogP contribution >= 0.6 is 0 Å². The average molecular weight is 223 g/mol. The van der Waals surface area contributed by atoms with Gasteiger partial charge >= 0.3 is 5.97 Å². The molecule has 0 aliphatic heterocycles. The minimum atomic E-state index is -0.218. The molecule has 4 heteroatoms. The second-order valence-electron chi connectivity index (χ2n) is 3.73. The molecule has 1 aromatic heterocycles. The lowest BCUT2D eigenvalue weighted by Gasteiger charge is -2.09. The van der Waals surface area contributed by atoms with Gasteiger partial charge in [0.15, 0.2) is 0 Å². The van der Waals surface area contributed by atoms with Crippen LogP contribution in [0.3, 0.4) is 0 Å². The highest BCUT2D eigenvalue weighted by Gasteiger charge is 2.03. The third-order valence-corrected chi connectivity index (χ3v) is 1.98. The van der Waals surface area contributed by atoms with Gasteiger partial charge in [0.1, 0.15) is 5.75 Å². The fourth-order valence-electron chi connectivity index (χ4n) is 1.23. The van der Waals surface area contributed by atoms with E-state index in [9.17, 15) is 4.79 Å². The molecular formula is C12H17NO3. The Morgan fingerprint density at radius 2 is 2.19 bits per heavy atom. The Bertz CT molecular complexity index is 333. The van der Waals surface area contributed by atoms with Gasteiger partial charge in [-0.2, -0.15) is 0 Å². The second kappa shape index (κ2) is 6.10. The lowest BCUT2D eigenvalue weighted by atomic mass is 10.2. The number of ether oxygens (including phenoxy) is 2. The van der Waals surface area contributed by atoms with Crippen molar-refractivity contribution in [3.05, 3.63) is 24.0 Å². The molecule has 0 bridgehead atoms. The first kappa shape index (κ1) is 12.5. The molecule has 1 aromatic rings. The molecule has 0 saturated carbocycles. The zero-order valence-corrected chi connectivity index (χ0v) is 9.90. The Morgan fingerprint density at radius 1 is 1.44 bits per heavy atom. The summed E-state index contributed by atoms with van der Waals surface area (Å²) in [6, 6.07) is 3.72. The van der Waals surface area contributed by atoms with Crippen molar-refractivity contribution in [3.63, 3.8) is 0 Å². The van der Waals surface area contributed by atoms with Crippen LogP contribution < -0.4 is 4.74 Å². The van der Waals surface area contributed by atoms with Crippen LogP contribution in [0.5, 0.6) is 5.75 Å². The highest BCUT2D eigenvalue weighted by atomic mass is 16.5. The number of carbonyl (C=O) groups is 1. The zero-order valence-electron chi connectivity index (χ0n) is 9.90. The third-order valence-electron chi connectivity index (χ3n) is 1.98. The molecule has 0 aromatic carbocycles. The van der Waals surface area contributed by atoms with Gasteiger partial charge < -0.3 is 9.47 Å². The minimum absolute atomic E-state index is 0.141. The molecule has 0 aliphatic carbocycles. The van der Waals surface area contributed by atoms with Gasteiger partial charge in [0.05, 0.1) is 25.8 Å². The molecule has 1 rings (SSSR count). The average Bonchev–Trinajstić information content (AvgIpc) is 2.27. The Balaban J connectivity index is 2.48. The standard InChI is InChI=1S/C12H17NO3/c1-9(2)16-11-6-4-10(13-8-11)5-7-12(14)15-3/h4,6,8-9H,5,7H2,1-3H3. The van der Waals surface area contributed by atoms with Gasteiger partial charge in [-0.05, 0) is 26.0 Å². The summed E-state index contributed by atoms with van der Waals surface area (Å²) in [6.45, 7) is 3.93. The highest BCUT2D eigenvalue weighted by molar-refractivity contribution is 5.69. The summed E-state index contributed by atoms with van der Waals surface area (Å²) in [6.07, 6.45) is 2.76. The molecule has 4 nitrogen and oxygen atoms in total. The summed E-state index contributed by atoms with van der Waals surface area (Å²) < 4.78 is 10.0. The summed E-state index contributed by atoms with van der Waals surface area (Å²) in [5.74, 6) is 0.529. The Labute approximate surface area is 95.6 Å². The van der Waals surface area contributed by atoms with Crippen LogP contribution in [0.4, 0.5) is 0 Å². The Morgan fingerprint density at radius 3 is 2.69 bits per heavy atom. The molecular weight excluding hydrogens is 206 g/mol. The number of methoxy groups -OCH3 is 1. The van der Waals surface area contributed by atoms with E-state index in [-0.39, 0.29) is 12.1 Å². The van der Waals surface area contributed by atoms with Gasteiger partial charge in [-0.25, -0.2) is 0 Å². The van der Waals surface area contributed by atoms with Crippen molar-refractivity contribution in [3.8, 4) is 5.75 Å². The fourth-order valence-corrected chi connectivity index (χ4v) is 1.23. The third kappa shape index (κ3) is 4.29. The number of aryl methyl sites for hydroxylation is 1. The molecule has 0 amide bonds. The van der Waals surface area contributed by atoms with Gasteiger partial charge in [0.2, 0.25) is 0 Å². The van der Waals surface area contributed by atoms with E-state index in [4.69, 9.17) is 4.74 Å². The summed E-state index contributed by atoms with van der Waals surface area (Å²) in [5, 5.41) is 0. The van der Waals surface area contributed by atoms with Crippen molar-refractivity contribution < 1.29 is 14.3 Å². The smallest absolute Gasteiger partial charge is 0.305 e. The predicted octanol–water partition coefficient (Wildman–Crippen LogP) is 1.97. The largest absolute Gasteiger partial charge is 0.489 e. The quantitative estimate of drug-likeness (QED) is 0.716. The fraction of sp³-hybridized carbons (Fsp3) is 0.500. The highest BCUT2D eigenvalue weighted by Crippen LogP contribution is 2.12. The molecule has 0 fully saturated rings. The van der Waals surface area contributed by atoms with E-state index < -0.39 is 0 Å². The van der Waals surface area contributed by atoms with Crippen LogP contribution in [0.2, 0.25) is 0 Å². The summed E-state index contributed by atoms with van der Waals surface area (Å²) in [5.41, 5.74) is 0.863. The summed E-state index contributed by atoms with van der Waals surface area (Å²) in [7, 11) is 1.38. The second-order valence-corrected chi connectivity index (χ2v) is 3.73. The van der Waals surface area contributed by atoms with Crippen LogP contribution in [0.15, 0.2) is 18.3 Å². The number of rotatable bonds is 5. The molecule has 0 N–H and O–H groups in total. The molecule has 88 valence electrons. The van der Waals surface area contributed by atoms with E-state index in [0.717, 1.165) is 11.4 Å². The minimum Gasteiger partial charge on any atom is -0.489 e. The van der Waals surface area contributed by atoms with E-state index in [2.05, 4.69) is 9.72 Å². The van der Waals surface area contributed by atoms with Crippen molar-refractivity contribution in [2.75, 3.05) is 7.11 Å². The van der Waals surface area contributed by atoms with Gasteiger partial charge in [-0.3, -0.25) is 9.78 Å². The first-order valence-electron chi connectivity index (χ1n) is 5.30. The van der Waals surface area contributed by atoms with Crippen LogP contribution in [0.25, 0.3) is 0 Å². The van der Waals surface area contributed by atoms with Gasteiger partial charge in [0.25, 0.3) is 0 Å². The van der Waals surface area contributed by atoms with Crippen LogP contribution in [0.1, 0.15) is 26.0 Å². The molecule has 0 aliphatic rings. The SMILES string of the molecule is COC(=O)CCc1ccc(OC(C)C)cn1. The molecule has 16 heavy (non-hydrogen) atoms. The van der Waals surface area contributed by atoms with Crippen molar-refractivity contribution in [2.45, 2.75) is 32.8 Å². The van der Waals surface area contributed by atoms with Crippen molar-refractivity contribution in [1.82, 2.24) is 4.98 Å². The van der Waals surface area contributed by atoms with Crippen LogP contribution in [-0.4, -0.2) is 24.2 Å². The van der Waals surface area contributed by atoms with E-state index >= 15 is 0 Å². The van der Waals surface area contributed by atoms with Gasteiger partial charge in [0, 0.05) is 12.1 Å². The molecule has 0 spiro atoms. The first-order valence-corrected chi connectivity index (χ1v) is 5.30. The normalized spacial score (nSPS) is 10.2. The molecule has 0 radical (unpaired) electrons. The Kier molecular flexibility index (Phi) is 4.76. The number of aromatic nitrogens is 1. The van der Waals surface area contributed by atoms with E-state index in [1.807, 2.05) is 26.0 Å². The molecule has 1 heterocycles. The maximum absolute atomic E-state index is 10.9. The first-order chi connectivity index (χ1) is 7.61.